The first-order chi connectivity index (χ1) is 10.4. The first kappa shape index (κ1) is 16.3. The smallest absolute Gasteiger partial charge is 0.374 e. The van der Waals surface area contributed by atoms with Crippen LogP contribution in [-0.4, -0.2) is 26.2 Å². The van der Waals surface area contributed by atoms with E-state index in [-0.39, 0.29) is 26.6 Å². The van der Waals surface area contributed by atoms with Crippen LogP contribution in [-0.2, 0) is 20.7 Å². The van der Waals surface area contributed by atoms with Crippen molar-refractivity contribution in [1.29, 1.82) is 0 Å². The summed E-state index contributed by atoms with van der Waals surface area (Å²) in [4.78, 5) is 35.8. The van der Waals surface area contributed by atoms with Gasteiger partial charge in [0.05, 0.1) is 36.6 Å². The third-order valence-electron chi connectivity index (χ3n) is 2.92. The summed E-state index contributed by atoms with van der Waals surface area (Å²) in [5.74, 6) is -2.00. The van der Waals surface area contributed by atoms with Crippen molar-refractivity contribution < 1.29 is 23.5 Å². The maximum Gasteiger partial charge on any atom is 0.374 e. The van der Waals surface area contributed by atoms with Gasteiger partial charge in [0.15, 0.2) is 11.0 Å². The van der Waals surface area contributed by atoms with Crippen LogP contribution in [0.3, 0.4) is 0 Å². The maximum absolute atomic E-state index is 12.5. The van der Waals surface area contributed by atoms with E-state index in [1.165, 1.54) is 12.1 Å². The standard InChI is InChI=1S/C14H10Cl2O6/c1-20-10(17)5-8-11(18)7-3-6(15)4-9(16)12(7)22-13(8)14(19)21-2/h3-4H,5H2,1-2H3. The highest BCUT2D eigenvalue weighted by atomic mass is 35.5. The third kappa shape index (κ3) is 2.93. The quantitative estimate of drug-likeness (QED) is 0.796. The average molecular weight is 345 g/mol. The lowest BCUT2D eigenvalue weighted by molar-refractivity contribution is -0.139. The largest absolute Gasteiger partial charge is 0.469 e. The van der Waals surface area contributed by atoms with Gasteiger partial charge in [0.25, 0.3) is 0 Å². The Morgan fingerprint density at radius 2 is 1.86 bits per heavy atom. The summed E-state index contributed by atoms with van der Waals surface area (Å²) in [6.07, 6.45) is -0.441. The molecule has 0 fully saturated rings. The first-order valence-corrected chi connectivity index (χ1v) is 6.74. The molecule has 1 aromatic heterocycles. The number of hydrogen-bond donors (Lipinski definition) is 0. The van der Waals surface area contributed by atoms with Crippen LogP contribution in [0.15, 0.2) is 21.3 Å². The number of carbonyl (C=O) groups is 2. The molecule has 0 aliphatic heterocycles. The summed E-state index contributed by atoms with van der Waals surface area (Å²) in [5, 5.41) is 0.345. The predicted octanol–water partition coefficient (Wildman–Crippen LogP) is 2.60. The normalized spacial score (nSPS) is 10.5. The van der Waals surface area contributed by atoms with Crippen LogP contribution in [0.25, 0.3) is 11.0 Å². The Labute approximate surface area is 134 Å². The van der Waals surface area contributed by atoms with Gasteiger partial charge in [-0.05, 0) is 12.1 Å². The van der Waals surface area contributed by atoms with E-state index in [0.29, 0.717) is 0 Å². The van der Waals surface area contributed by atoms with Crippen molar-refractivity contribution in [2.45, 2.75) is 6.42 Å². The Morgan fingerprint density at radius 1 is 1.18 bits per heavy atom. The molecular weight excluding hydrogens is 335 g/mol. The van der Waals surface area contributed by atoms with Crippen molar-refractivity contribution >= 4 is 46.1 Å². The van der Waals surface area contributed by atoms with E-state index in [9.17, 15) is 14.4 Å². The second kappa shape index (κ2) is 6.37. The van der Waals surface area contributed by atoms with Crippen molar-refractivity contribution in [3.8, 4) is 0 Å². The summed E-state index contributed by atoms with van der Waals surface area (Å²) in [5.41, 5.74) is -0.786. The van der Waals surface area contributed by atoms with E-state index in [1.54, 1.807) is 0 Å². The molecule has 0 unspecified atom stereocenters. The SMILES string of the molecule is COC(=O)Cc1c(C(=O)OC)oc2c(Cl)cc(Cl)cc2c1=O. The summed E-state index contributed by atoms with van der Waals surface area (Å²) in [6.45, 7) is 0. The predicted molar refractivity (Wildman–Crippen MR) is 79.6 cm³/mol. The van der Waals surface area contributed by atoms with Gasteiger partial charge in [0.2, 0.25) is 5.76 Å². The minimum atomic E-state index is -0.899. The molecule has 1 aromatic carbocycles. The summed E-state index contributed by atoms with van der Waals surface area (Å²) < 4.78 is 14.5. The second-order valence-corrected chi connectivity index (χ2v) is 5.09. The molecule has 1 heterocycles. The third-order valence-corrected chi connectivity index (χ3v) is 3.42. The van der Waals surface area contributed by atoms with Gasteiger partial charge in [-0.15, -0.1) is 0 Å². The van der Waals surface area contributed by atoms with Crippen LogP contribution in [0.5, 0.6) is 0 Å². The lowest BCUT2D eigenvalue weighted by atomic mass is 10.1. The van der Waals surface area contributed by atoms with Gasteiger partial charge in [0.1, 0.15) is 0 Å². The molecule has 0 saturated carbocycles. The number of hydrogen-bond acceptors (Lipinski definition) is 6. The molecule has 2 aromatic rings. The summed E-state index contributed by atoms with van der Waals surface area (Å²) in [6, 6.07) is 2.71. The van der Waals surface area contributed by atoms with Gasteiger partial charge in [-0.25, -0.2) is 4.79 Å². The van der Waals surface area contributed by atoms with Crippen LogP contribution >= 0.6 is 23.2 Å². The highest BCUT2D eigenvalue weighted by Gasteiger charge is 2.24. The van der Waals surface area contributed by atoms with Gasteiger partial charge in [0, 0.05) is 5.02 Å². The second-order valence-electron chi connectivity index (χ2n) is 4.25. The van der Waals surface area contributed by atoms with E-state index in [0.717, 1.165) is 14.2 Å². The number of fused-ring (bicyclic) bond motifs is 1. The fourth-order valence-electron chi connectivity index (χ4n) is 1.90. The molecule has 116 valence electrons. The van der Waals surface area contributed by atoms with Crippen molar-refractivity contribution in [3.63, 3.8) is 0 Å². The molecule has 0 aliphatic carbocycles. The molecule has 0 aliphatic rings. The Hall–Kier alpha value is -2.05. The van der Waals surface area contributed by atoms with Crippen LogP contribution in [0.4, 0.5) is 0 Å². The Bertz CT molecular complexity index is 824. The Morgan fingerprint density at radius 3 is 2.45 bits per heavy atom. The zero-order chi connectivity index (χ0) is 16.4. The summed E-state index contributed by atoms with van der Waals surface area (Å²) >= 11 is 11.8. The fourth-order valence-corrected chi connectivity index (χ4v) is 2.43. The van der Waals surface area contributed by atoms with Crippen LogP contribution < -0.4 is 5.43 Å². The van der Waals surface area contributed by atoms with Gasteiger partial charge in [-0.1, -0.05) is 23.2 Å². The topological polar surface area (TPSA) is 82.8 Å². The number of rotatable bonds is 3. The average Bonchev–Trinajstić information content (AvgIpc) is 2.49. The van der Waals surface area contributed by atoms with Gasteiger partial charge in [-0.2, -0.15) is 0 Å². The maximum atomic E-state index is 12.5. The minimum Gasteiger partial charge on any atom is -0.469 e. The number of methoxy groups -OCH3 is 2. The molecule has 8 heteroatoms. The van der Waals surface area contributed by atoms with Crippen molar-refractivity contribution in [3.05, 3.63) is 43.7 Å². The zero-order valence-electron chi connectivity index (χ0n) is 11.6. The van der Waals surface area contributed by atoms with E-state index in [4.69, 9.17) is 27.6 Å². The van der Waals surface area contributed by atoms with E-state index >= 15 is 0 Å². The van der Waals surface area contributed by atoms with Crippen molar-refractivity contribution in [1.82, 2.24) is 0 Å². The molecule has 0 radical (unpaired) electrons. The highest BCUT2D eigenvalue weighted by molar-refractivity contribution is 6.38. The van der Waals surface area contributed by atoms with Crippen LogP contribution in [0, 0.1) is 0 Å². The van der Waals surface area contributed by atoms with Crippen molar-refractivity contribution in [2.24, 2.45) is 0 Å². The molecule has 0 saturated heterocycles. The number of halogens is 2. The number of ether oxygens (including phenoxy) is 2. The fraction of sp³-hybridized carbons (Fsp3) is 0.214. The van der Waals surface area contributed by atoms with E-state index < -0.39 is 29.5 Å². The van der Waals surface area contributed by atoms with Gasteiger partial charge >= 0.3 is 11.9 Å². The molecular formula is C14H10Cl2O6. The number of benzene rings is 1. The van der Waals surface area contributed by atoms with Gasteiger partial charge in [-0.3, -0.25) is 9.59 Å². The summed E-state index contributed by atoms with van der Waals surface area (Å²) in [7, 11) is 2.29. The molecule has 0 amide bonds. The van der Waals surface area contributed by atoms with E-state index in [1.807, 2.05) is 0 Å². The zero-order valence-corrected chi connectivity index (χ0v) is 13.1. The van der Waals surface area contributed by atoms with E-state index in [2.05, 4.69) is 9.47 Å². The molecule has 0 N–H and O–H groups in total. The number of esters is 2. The molecule has 0 spiro atoms. The van der Waals surface area contributed by atoms with Crippen LogP contribution in [0.2, 0.25) is 10.0 Å². The lowest BCUT2D eigenvalue weighted by Crippen LogP contribution is -2.21. The first-order valence-electron chi connectivity index (χ1n) is 5.99. The molecule has 6 nitrogen and oxygen atoms in total. The lowest BCUT2D eigenvalue weighted by Gasteiger charge is -2.09. The number of carbonyl (C=O) groups excluding carboxylic acids is 2. The Kier molecular flexibility index (Phi) is 4.73. The minimum absolute atomic E-state index is 0.00918. The molecule has 0 bridgehead atoms. The van der Waals surface area contributed by atoms with Gasteiger partial charge < -0.3 is 13.9 Å². The molecule has 2 rings (SSSR count). The Balaban J connectivity index is 2.84. The van der Waals surface area contributed by atoms with Crippen LogP contribution in [0.1, 0.15) is 16.1 Å². The monoisotopic (exact) mass is 344 g/mol. The highest BCUT2D eigenvalue weighted by Crippen LogP contribution is 2.28. The molecule has 0 atom stereocenters. The van der Waals surface area contributed by atoms with Crippen molar-refractivity contribution in [2.75, 3.05) is 14.2 Å². The molecule has 22 heavy (non-hydrogen) atoms.